The summed E-state index contributed by atoms with van der Waals surface area (Å²) in [6.45, 7) is 3.42. The van der Waals surface area contributed by atoms with Crippen LogP contribution in [0.15, 0.2) is 29.2 Å². The van der Waals surface area contributed by atoms with E-state index in [1.807, 2.05) is 0 Å². The molecular weight excluding hydrogens is 326 g/mol. The third kappa shape index (κ3) is 3.79. The van der Waals surface area contributed by atoms with Crippen molar-refractivity contribution in [1.82, 2.24) is 9.21 Å². The van der Waals surface area contributed by atoms with E-state index in [-0.39, 0.29) is 22.4 Å². The monoisotopic (exact) mass is 353 g/mol. The van der Waals surface area contributed by atoms with E-state index in [1.54, 1.807) is 30.1 Å². The van der Waals surface area contributed by atoms with E-state index < -0.39 is 10.0 Å². The molecule has 1 atom stereocenters. The lowest BCUT2D eigenvalue weighted by Gasteiger charge is -2.25. The molecule has 0 aliphatic carbocycles. The van der Waals surface area contributed by atoms with Gasteiger partial charge in [-0.15, -0.1) is 0 Å². The third-order valence-corrected chi connectivity index (χ3v) is 6.50. The molecule has 1 aliphatic rings. The van der Waals surface area contributed by atoms with Gasteiger partial charge in [-0.25, -0.2) is 8.42 Å². The Bertz CT molecular complexity index is 675. The maximum atomic E-state index is 13.1. The van der Waals surface area contributed by atoms with E-state index in [9.17, 15) is 13.2 Å². The van der Waals surface area contributed by atoms with Gasteiger partial charge in [0, 0.05) is 32.7 Å². The van der Waals surface area contributed by atoms with Crippen molar-refractivity contribution in [2.75, 3.05) is 26.7 Å². The predicted molar refractivity (Wildman–Crippen MR) is 94.3 cm³/mol. The van der Waals surface area contributed by atoms with Crippen LogP contribution in [0.5, 0.6) is 0 Å². The van der Waals surface area contributed by atoms with Gasteiger partial charge < -0.3 is 10.6 Å². The summed E-state index contributed by atoms with van der Waals surface area (Å²) in [5, 5.41) is 0. The summed E-state index contributed by atoms with van der Waals surface area (Å²) in [5.41, 5.74) is 5.95. The zero-order valence-electron chi connectivity index (χ0n) is 14.4. The minimum absolute atomic E-state index is 0.0821. The number of unbranched alkanes of at least 4 members (excludes halogenated alkanes) is 1. The fourth-order valence-electron chi connectivity index (χ4n) is 3.06. The van der Waals surface area contributed by atoms with E-state index in [1.165, 1.54) is 10.4 Å². The van der Waals surface area contributed by atoms with E-state index in [0.29, 0.717) is 19.6 Å². The Balaban J connectivity index is 2.36. The van der Waals surface area contributed by atoms with Gasteiger partial charge in [-0.05, 0) is 31.4 Å². The minimum Gasteiger partial charge on any atom is -0.342 e. The van der Waals surface area contributed by atoms with Crippen LogP contribution in [0.1, 0.15) is 43.0 Å². The average molecular weight is 353 g/mol. The SMILES string of the molecule is CCCCN(C)C(=O)c1ccccc1S(=O)(=O)N1CCCC1CN. The van der Waals surface area contributed by atoms with Gasteiger partial charge in [0.1, 0.15) is 0 Å². The first-order valence-corrected chi connectivity index (χ1v) is 9.93. The highest BCUT2D eigenvalue weighted by atomic mass is 32.2. The van der Waals surface area contributed by atoms with Crippen LogP contribution >= 0.6 is 0 Å². The fourth-order valence-corrected chi connectivity index (χ4v) is 4.95. The summed E-state index contributed by atoms with van der Waals surface area (Å²) >= 11 is 0. The highest BCUT2D eigenvalue weighted by molar-refractivity contribution is 7.89. The van der Waals surface area contributed by atoms with Crippen molar-refractivity contribution in [2.24, 2.45) is 5.73 Å². The van der Waals surface area contributed by atoms with Crippen molar-refractivity contribution < 1.29 is 13.2 Å². The van der Waals surface area contributed by atoms with Crippen LogP contribution in [0.2, 0.25) is 0 Å². The molecule has 1 heterocycles. The third-order valence-electron chi connectivity index (χ3n) is 4.49. The van der Waals surface area contributed by atoms with Gasteiger partial charge in [0.25, 0.3) is 5.91 Å². The molecule has 1 unspecified atom stereocenters. The van der Waals surface area contributed by atoms with Crippen LogP contribution in [0, 0.1) is 0 Å². The van der Waals surface area contributed by atoms with Gasteiger partial charge in [0.15, 0.2) is 0 Å². The van der Waals surface area contributed by atoms with Crippen molar-refractivity contribution in [3.8, 4) is 0 Å². The Kier molecular flexibility index (Phi) is 6.37. The second-order valence-electron chi connectivity index (χ2n) is 6.22. The number of sulfonamides is 1. The lowest BCUT2D eigenvalue weighted by atomic mass is 10.2. The van der Waals surface area contributed by atoms with E-state index in [0.717, 1.165) is 25.7 Å². The molecule has 24 heavy (non-hydrogen) atoms. The summed E-state index contributed by atoms with van der Waals surface area (Å²) in [4.78, 5) is 14.4. The minimum atomic E-state index is -3.72. The predicted octanol–water partition coefficient (Wildman–Crippen LogP) is 1.67. The molecule has 1 saturated heterocycles. The number of carbonyl (C=O) groups excluding carboxylic acids is 1. The molecule has 1 aromatic rings. The topological polar surface area (TPSA) is 83.7 Å². The molecule has 0 bridgehead atoms. The Morgan fingerprint density at radius 2 is 2.08 bits per heavy atom. The summed E-state index contributed by atoms with van der Waals surface area (Å²) in [6.07, 6.45) is 3.43. The first-order chi connectivity index (χ1) is 11.4. The fraction of sp³-hybridized carbons (Fsp3) is 0.588. The number of rotatable bonds is 7. The largest absolute Gasteiger partial charge is 0.342 e. The molecule has 1 aliphatic heterocycles. The number of hydrogen-bond acceptors (Lipinski definition) is 4. The molecule has 1 fully saturated rings. The highest BCUT2D eigenvalue weighted by Crippen LogP contribution is 2.28. The van der Waals surface area contributed by atoms with Crippen LogP contribution in [-0.4, -0.2) is 56.3 Å². The van der Waals surface area contributed by atoms with Crippen molar-refractivity contribution in [3.05, 3.63) is 29.8 Å². The number of carbonyl (C=O) groups is 1. The quantitative estimate of drug-likeness (QED) is 0.808. The Morgan fingerprint density at radius 1 is 1.38 bits per heavy atom. The zero-order chi connectivity index (χ0) is 17.7. The summed E-state index contributed by atoms with van der Waals surface area (Å²) in [7, 11) is -2.02. The lowest BCUT2D eigenvalue weighted by molar-refractivity contribution is 0.0789. The van der Waals surface area contributed by atoms with Gasteiger partial charge in [-0.1, -0.05) is 25.5 Å². The molecule has 0 aromatic heterocycles. The number of benzene rings is 1. The molecule has 2 N–H and O–H groups in total. The van der Waals surface area contributed by atoms with Crippen LogP contribution < -0.4 is 5.73 Å². The Hall–Kier alpha value is -1.44. The van der Waals surface area contributed by atoms with E-state index in [2.05, 4.69) is 6.92 Å². The highest BCUT2D eigenvalue weighted by Gasteiger charge is 2.36. The summed E-state index contributed by atoms with van der Waals surface area (Å²) < 4.78 is 27.6. The molecule has 6 nitrogen and oxygen atoms in total. The van der Waals surface area contributed by atoms with Gasteiger partial charge in [0.2, 0.25) is 10.0 Å². The van der Waals surface area contributed by atoms with Gasteiger partial charge in [-0.3, -0.25) is 4.79 Å². The summed E-state index contributed by atoms with van der Waals surface area (Å²) in [6, 6.07) is 6.27. The number of nitrogens with two attached hydrogens (primary N) is 1. The van der Waals surface area contributed by atoms with Gasteiger partial charge in [0.05, 0.1) is 10.5 Å². The van der Waals surface area contributed by atoms with Crippen LogP contribution in [0.3, 0.4) is 0 Å². The molecule has 1 amide bonds. The smallest absolute Gasteiger partial charge is 0.254 e. The van der Waals surface area contributed by atoms with Crippen molar-refractivity contribution >= 4 is 15.9 Å². The molecule has 0 spiro atoms. The van der Waals surface area contributed by atoms with Gasteiger partial charge >= 0.3 is 0 Å². The maximum Gasteiger partial charge on any atom is 0.254 e. The molecular formula is C17H27N3O3S. The van der Waals surface area contributed by atoms with Crippen LogP contribution in [0.25, 0.3) is 0 Å². The zero-order valence-corrected chi connectivity index (χ0v) is 15.3. The molecule has 1 aromatic carbocycles. The molecule has 134 valence electrons. The van der Waals surface area contributed by atoms with Crippen molar-refractivity contribution in [1.29, 1.82) is 0 Å². The maximum absolute atomic E-state index is 13.1. The van der Waals surface area contributed by atoms with E-state index in [4.69, 9.17) is 5.73 Å². The normalized spacial score (nSPS) is 18.7. The first-order valence-electron chi connectivity index (χ1n) is 8.49. The standard InChI is InChI=1S/C17H27N3O3S/c1-3-4-11-19(2)17(21)15-9-5-6-10-16(15)24(22,23)20-12-7-8-14(20)13-18/h5-6,9-10,14H,3-4,7-8,11-13,18H2,1-2H3. The second-order valence-corrected chi connectivity index (χ2v) is 8.08. The first kappa shape index (κ1) is 18.9. The Labute approximate surface area is 144 Å². The number of nitrogens with zero attached hydrogens (tertiary/aromatic N) is 2. The molecule has 7 heteroatoms. The molecule has 0 radical (unpaired) electrons. The molecule has 2 rings (SSSR count). The van der Waals surface area contributed by atoms with Crippen molar-refractivity contribution in [3.63, 3.8) is 0 Å². The van der Waals surface area contributed by atoms with Crippen LogP contribution in [0.4, 0.5) is 0 Å². The lowest BCUT2D eigenvalue weighted by Crippen LogP contribution is -2.40. The van der Waals surface area contributed by atoms with Crippen LogP contribution in [-0.2, 0) is 10.0 Å². The second kappa shape index (κ2) is 8.09. The number of hydrogen-bond donors (Lipinski definition) is 1. The average Bonchev–Trinajstić information content (AvgIpc) is 3.08. The molecule has 0 saturated carbocycles. The van der Waals surface area contributed by atoms with Crippen molar-refractivity contribution in [2.45, 2.75) is 43.5 Å². The number of amides is 1. The Morgan fingerprint density at radius 3 is 2.75 bits per heavy atom. The summed E-state index contributed by atoms with van der Waals surface area (Å²) in [5.74, 6) is -0.258. The van der Waals surface area contributed by atoms with E-state index >= 15 is 0 Å². The van der Waals surface area contributed by atoms with Gasteiger partial charge in [-0.2, -0.15) is 4.31 Å².